The SMILES string of the molecule is CCC(C)(Pc1c(C)cccc1CNCc1ccccc1)c1cc(C(C)(C)C)cc(C(C)(C)C)c1OCc1ccccc1. The van der Waals surface area contributed by atoms with Gasteiger partial charge in [0.1, 0.15) is 12.4 Å². The lowest BCUT2D eigenvalue weighted by atomic mass is 9.77. The molecule has 0 bridgehead atoms. The van der Waals surface area contributed by atoms with Crippen LogP contribution in [-0.2, 0) is 35.7 Å². The third-order valence-electron chi connectivity index (χ3n) is 8.54. The summed E-state index contributed by atoms with van der Waals surface area (Å²) in [4.78, 5) is 0. The molecule has 0 radical (unpaired) electrons. The predicted octanol–water partition coefficient (Wildman–Crippen LogP) is 10.1. The van der Waals surface area contributed by atoms with Gasteiger partial charge in [-0.2, -0.15) is 0 Å². The van der Waals surface area contributed by atoms with E-state index in [-0.39, 0.29) is 16.0 Å². The van der Waals surface area contributed by atoms with Crippen LogP contribution in [0, 0.1) is 6.92 Å². The van der Waals surface area contributed by atoms with Crippen LogP contribution in [0.2, 0.25) is 0 Å². The molecule has 0 saturated heterocycles. The van der Waals surface area contributed by atoms with E-state index in [1.807, 2.05) is 0 Å². The van der Waals surface area contributed by atoms with Crippen LogP contribution in [0.1, 0.15) is 101 Å². The standard InChI is InChI=1S/C40H52NOP/c1-10-40(9,43-37-29(2)18-17-23-32(37)27-41-26-30-19-13-11-14-20-30)35-25-33(38(3,4)5)24-34(39(6,7)8)36(35)42-28-31-21-15-12-16-22-31/h11-25,41,43H,10,26-28H2,1-9H3. The molecule has 43 heavy (non-hydrogen) atoms. The van der Waals surface area contributed by atoms with Crippen LogP contribution in [0.25, 0.3) is 0 Å². The summed E-state index contributed by atoms with van der Waals surface area (Å²) >= 11 is 0. The molecule has 0 saturated carbocycles. The Bertz CT molecular complexity index is 1480. The van der Waals surface area contributed by atoms with E-state index in [1.165, 1.54) is 44.2 Å². The van der Waals surface area contributed by atoms with Crippen molar-refractivity contribution in [1.82, 2.24) is 5.32 Å². The zero-order valence-electron chi connectivity index (χ0n) is 27.9. The molecule has 0 aliphatic carbocycles. The first kappa shape index (κ1) is 33.0. The van der Waals surface area contributed by atoms with Gasteiger partial charge >= 0.3 is 0 Å². The molecule has 228 valence electrons. The van der Waals surface area contributed by atoms with Crippen molar-refractivity contribution in [3.05, 3.63) is 130 Å². The summed E-state index contributed by atoms with van der Waals surface area (Å²) < 4.78 is 6.90. The summed E-state index contributed by atoms with van der Waals surface area (Å²) in [6.07, 6.45) is 1.02. The summed E-state index contributed by atoms with van der Waals surface area (Å²) in [5.74, 6) is 1.07. The van der Waals surface area contributed by atoms with Crippen molar-refractivity contribution in [1.29, 1.82) is 0 Å². The average molecular weight is 594 g/mol. The van der Waals surface area contributed by atoms with Gasteiger partial charge in [0.15, 0.2) is 0 Å². The van der Waals surface area contributed by atoms with E-state index in [2.05, 4.69) is 159 Å². The number of hydrogen-bond donors (Lipinski definition) is 1. The molecular weight excluding hydrogens is 541 g/mol. The van der Waals surface area contributed by atoms with E-state index in [9.17, 15) is 0 Å². The number of aryl methyl sites for hydroxylation is 1. The van der Waals surface area contributed by atoms with E-state index in [1.54, 1.807) is 0 Å². The molecule has 3 heteroatoms. The van der Waals surface area contributed by atoms with Crippen molar-refractivity contribution in [2.75, 3.05) is 0 Å². The molecule has 0 aliphatic rings. The maximum Gasteiger partial charge on any atom is 0.127 e. The molecule has 0 fully saturated rings. The number of nitrogens with one attached hydrogen (secondary N) is 1. The van der Waals surface area contributed by atoms with Gasteiger partial charge in [-0.1, -0.05) is 155 Å². The quantitative estimate of drug-likeness (QED) is 0.175. The molecule has 0 amide bonds. The van der Waals surface area contributed by atoms with Crippen molar-refractivity contribution < 1.29 is 4.74 Å². The minimum Gasteiger partial charge on any atom is -0.488 e. The number of rotatable bonds is 11. The van der Waals surface area contributed by atoms with E-state index in [4.69, 9.17) is 4.74 Å². The summed E-state index contributed by atoms with van der Waals surface area (Å²) in [6.45, 7) is 23.3. The van der Waals surface area contributed by atoms with E-state index in [0.29, 0.717) is 15.2 Å². The monoisotopic (exact) mass is 593 g/mol. The normalized spacial score (nSPS) is 13.8. The molecule has 4 aromatic rings. The molecule has 4 rings (SSSR count). The van der Waals surface area contributed by atoms with Gasteiger partial charge in [-0.3, -0.25) is 0 Å². The van der Waals surface area contributed by atoms with Gasteiger partial charge in [0.2, 0.25) is 0 Å². The van der Waals surface area contributed by atoms with E-state index < -0.39 is 0 Å². The van der Waals surface area contributed by atoms with E-state index >= 15 is 0 Å². The molecule has 2 nitrogen and oxygen atoms in total. The highest BCUT2D eigenvalue weighted by Crippen LogP contribution is 2.52. The van der Waals surface area contributed by atoms with Gasteiger partial charge < -0.3 is 10.1 Å². The first-order valence-electron chi connectivity index (χ1n) is 15.8. The molecule has 4 aromatic carbocycles. The first-order chi connectivity index (χ1) is 20.3. The molecule has 0 heterocycles. The Labute approximate surface area is 263 Å². The molecule has 0 aliphatic heterocycles. The molecule has 2 atom stereocenters. The number of benzene rings is 4. The second-order valence-electron chi connectivity index (χ2n) is 14.2. The summed E-state index contributed by atoms with van der Waals surface area (Å²) in [5.41, 5.74) is 9.24. The van der Waals surface area contributed by atoms with Crippen LogP contribution in [0.4, 0.5) is 0 Å². The third-order valence-corrected chi connectivity index (χ3v) is 10.7. The molecule has 2 unspecified atom stereocenters. The second-order valence-corrected chi connectivity index (χ2v) is 16.0. The summed E-state index contributed by atoms with van der Waals surface area (Å²) in [5, 5.41) is 5.10. The molecular formula is C40H52NOP. The number of hydrogen-bond acceptors (Lipinski definition) is 2. The topological polar surface area (TPSA) is 21.3 Å². The average Bonchev–Trinajstić information content (AvgIpc) is 2.97. The van der Waals surface area contributed by atoms with Crippen molar-refractivity contribution in [3.63, 3.8) is 0 Å². The van der Waals surface area contributed by atoms with E-state index in [0.717, 1.165) is 25.3 Å². The fourth-order valence-corrected chi connectivity index (χ4v) is 7.19. The van der Waals surface area contributed by atoms with Gasteiger partial charge in [-0.25, -0.2) is 0 Å². The first-order valence-corrected chi connectivity index (χ1v) is 16.8. The lowest BCUT2D eigenvalue weighted by molar-refractivity contribution is 0.290. The van der Waals surface area contributed by atoms with Gasteiger partial charge in [-0.05, 0) is 57.3 Å². The lowest BCUT2D eigenvalue weighted by Crippen LogP contribution is -2.27. The molecule has 0 spiro atoms. The van der Waals surface area contributed by atoms with Gasteiger partial charge in [-0.15, -0.1) is 0 Å². The Kier molecular flexibility index (Phi) is 10.6. The molecule has 1 N–H and O–H groups in total. The minimum atomic E-state index is -0.0897. The highest BCUT2D eigenvalue weighted by atomic mass is 31.1. The highest BCUT2D eigenvalue weighted by Gasteiger charge is 2.35. The Morgan fingerprint density at radius 3 is 1.86 bits per heavy atom. The van der Waals surface area contributed by atoms with Gasteiger partial charge in [0, 0.05) is 29.4 Å². The predicted molar refractivity (Wildman–Crippen MR) is 188 cm³/mol. The van der Waals surface area contributed by atoms with Crippen molar-refractivity contribution in [2.45, 2.75) is 104 Å². The maximum absolute atomic E-state index is 6.90. The van der Waals surface area contributed by atoms with Gasteiger partial charge in [0.25, 0.3) is 0 Å². The molecule has 0 aromatic heterocycles. The zero-order valence-corrected chi connectivity index (χ0v) is 28.9. The number of ether oxygens (including phenoxy) is 1. The Balaban J connectivity index is 1.79. The van der Waals surface area contributed by atoms with Crippen LogP contribution < -0.4 is 15.4 Å². The van der Waals surface area contributed by atoms with Gasteiger partial charge in [0.05, 0.1) is 0 Å². The fraction of sp³-hybridized carbons (Fsp3) is 0.400. The summed E-state index contributed by atoms with van der Waals surface area (Å²) in [7, 11) is 0.608. The minimum absolute atomic E-state index is 0.0274. The second kappa shape index (κ2) is 13.8. The Morgan fingerprint density at radius 2 is 1.28 bits per heavy atom. The lowest BCUT2D eigenvalue weighted by Gasteiger charge is -2.37. The van der Waals surface area contributed by atoms with Crippen LogP contribution in [0.5, 0.6) is 5.75 Å². The van der Waals surface area contributed by atoms with Crippen molar-refractivity contribution in [3.8, 4) is 5.75 Å². The third kappa shape index (κ3) is 8.37. The van der Waals surface area contributed by atoms with Crippen LogP contribution in [0.15, 0.2) is 91.0 Å². The largest absolute Gasteiger partial charge is 0.488 e. The van der Waals surface area contributed by atoms with Crippen molar-refractivity contribution in [2.24, 2.45) is 0 Å². The van der Waals surface area contributed by atoms with Crippen molar-refractivity contribution >= 4 is 13.9 Å². The summed E-state index contributed by atoms with van der Waals surface area (Å²) in [6, 6.07) is 32.9. The van der Waals surface area contributed by atoms with Crippen LogP contribution in [0.3, 0.4) is 0 Å². The smallest absolute Gasteiger partial charge is 0.127 e. The Morgan fingerprint density at radius 1 is 0.674 bits per heavy atom. The van der Waals surface area contributed by atoms with Crippen LogP contribution in [-0.4, -0.2) is 0 Å². The Hall–Kier alpha value is -2.93. The highest BCUT2D eigenvalue weighted by molar-refractivity contribution is 7.48. The zero-order chi connectivity index (χ0) is 31.3. The van der Waals surface area contributed by atoms with Crippen LogP contribution >= 0.6 is 8.58 Å². The maximum atomic E-state index is 6.90. The fourth-order valence-electron chi connectivity index (χ4n) is 5.53.